The number of nitrogens with two attached hydrogens (primary N) is 1. The summed E-state index contributed by atoms with van der Waals surface area (Å²) in [4.78, 5) is 23.3. The summed E-state index contributed by atoms with van der Waals surface area (Å²) in [5.74, 6) is 6.11. The van der Waals surface area contributed by atoms with Crippen LogP contribution in [-0.2, 0) is 7.05 Å². The molecule has 1 atom stereocenters. The topological polar surface area (TPSA) is 120 Å². The van der Waals surface area contributed by atoms with Crippen LogP contribution in [0.2, 0.25) is 0 Å². The predicted octanol–water partition coefficient (Wildman–Crippen LogP) is 3.31. The van der Waals surface area contributed by atoms with Gasteiger partial charge in [0.25, 0.3) is 5.91 Å². The van der Waals surface area contributed by atoms with Gasteiger partial charge in [0.1, 0.15) is 17.0 Å². The normalized spacial score (nSPS) is 11.9. The zero-order valence-electron chi connectivity index (χ0n) is 20.0. The van der Waals surface area contributed by atoms with E-state index < -0.39 is 6.04 Å². The number of imidazole rings is 1. The van der Waals surface area contributed by atoms with E-state index in [1.54, 1.807) is 23.1 Å². The number of thiazole rings is 1. The van der Waals surface area contributed by atoms with Gasteiger partial charge in [-0.15, -0.1) is 16.4 Å². The number of aryl methyl sites for hydroxylation is 1. The molecular formula is C26H21N9OS. The molecule has 0 aliphatic heterocycles. The minimum absolute atomic E-state index is 0.115. The van der Waals surface area contributed by atoms with Crippen LogP contribution in [-0.4, -0.2) is 39.7 Å². The number of carbonyl (C=O) groups is 1. The lowest BCUT2D eigenvalue weighted by atomic mass is 10.1. The molecular weight excluding hydrogens is 486 g/mol. The van der Waals surface area contributed by atoms with E-state index >= 15 is 0 Å². The summed E-state index contributed by atoms with van der Waals surface area (Å²) in [5.41, 5.74) is 10.7. The quantitative estimate of drug-likeness (QED) is 0.353. The van der Waals surface area contributed by atoms with E-state index in [-0.39, 0.29) is 17.3 Å². The van der Waals surface area contributed by atoms with Crippen LogP contribution in [0.1, 0.15) is 40.4 Å². The molecule has 0 saturated carbocycles. The fraction of sp³-hybridized carbons (Fsp3) is 0.115. The molecule has 0 aliphatic rings. The standard InChI is InChI=1S/C26H21N9OS/c1-16(29-25(36)20-23(27)32-34-13-6-12-28-24(20)34)21-22(17-7-4-3-5-8-17)35-19(15-37-26(35)30-21)10-9-18-11-14-33(2)31-18/h3-8,11-16H,1-2H3,(H2,27,32)(H,29,36). The Kier molecular flexibility index (Phi) is 5.43. The van der Waals surface area contributed by atoms with Gasteiger partial charge in [-0.2, -0.15) is 5.10 Å². The first-order valence-corrected chi connectivity index (χ1v) is 12.3. The van der Waals surface area contributed by atoms with Gasteiger partial charge in [0, 0.05) is 36.6 Å². The fourth-order valence-corrected chi connectivity index (χ4v) is 5.04. The minimum atomic E-state index is -0.440. The highest BCUT2D eigenvalue weighted by Crippen LogP contribution is 2.33. The Morgan fingerprint density at radius 2 is 1.95 bits per heavy atom. The van der Waals surface area contributed by atoms with Crippen molar-refractivity contribution in [3.63, 3.8) is 0 Å². The lowest BCUT2D eigenvalue weighted by molar-refractivity contribution is 0.0941. The highest BCUT2D eigenvalue weighted by molar-refractivity contribution is 7.15. The van der Waals surface area contributed by atoms with E-state index in [0.717, 1.165) is 27.6 Å². The van der Waals surface area contributed by atoms with Crippen LogP contribution < -0.4 is 11.1 Å². The number of nitrogen functional groups attached to an aromatic ring is 1. The first kappa shape index (κ1) is 22.5. The molecule has 6 aromatic rings. The molecule has 10 nitrogen and oxygen atoms in total. The Morgan fingerprint density at radius 1 is 1.11 bits per heavy atom. The van der Waals surface area contributed by atoms with E-state index in [1.807, 2.05) is 66.3 Å². The number of aromatic nitrogens is 7. The number of hydrogen-bond acceptors (Lipinski definition) is 7. The molecule has 1 unspecified atom stereocenters. The maximum Gasteiger partial charge on any atom is 0.259 e. The summed E-state index contributed by atoms with van der Waals surface area (Å²) in [7, 11) is 1.86. The van der Waals surface area contributed by atoms with Crippen molar-refractivity contribution in [2.45, 2.75) is 13.0 Å². The first-order chi connectivity index (χ1) is 18.0. The van der Waals surface area contributed by atoms with Crippen molar-refractivity contribution in [3.8, 4) is 23.1 Å². The SMILES string of the molecule is CC(NC(=O)c1c(N)nn2cccnc12)c1nc2scc(C#Cc3ccn(C)n3)n2c1-c1ccccc1. The zero-order chi connectivity index (χ0) is 25.5. The number of hydrogen-bond donors (Lipinski definition) is 2. The van der Waals surface area contributed by atoms with Gasteiger partial charge in [-0.25, -0.2) is 14.5 Å². The summed E-state index contributed by atoms with van der Waals surface area (Å²) in [5, 5.41) is 13.6. The molecule has 0 saturated heterocycles. The zero-order valence-corrected chi connectivity index (χ0v) is 20.8. The van der Waals surface area contributed by atoms with Crippen molar-refractivity contribution in [2.24, 2.45) is 7.05 Å². The van der Waals surface area contributed by atoms with Crippen molar-refractivity contribution >= 4 is 33.7 Å². The van der Waals surface area contributed by atoms with Crippen LogP contribution in [0, 0.1) is 11.8 Å². The van der Waals surface area contributed by atoms with Crippen LogP contribution in [0.25, 0.3) is 21.9 Å². The van der Waals surface area contributed by atoms with Crippen molar-refractivity contribution < 1.29 is 4.79 Å². The van der Waals surface area contributed by atoms with E-state index in [4.69, 9.17) is 10.7 Å². The summed E-state index contributed by atoms with van der Waals surface area (Å²) in [6.07, 6.45) is 5.15. The van der Waals surface area contributed by atoms with E-state index in [0.29, 0.717) is 11.3 Å². The minimum Gasteiger partial charge on any atom is -0.381 e. The van der Waals surface area contributed by atoms with Gasteiger partial charge in [-0.05, 0) is 30.9 Å². The maximum absolute atomic E-state index is 13.3. The van der Waals surface area contributed by atoms with Crippen molar-refractivity contribution in [3.05, 3.63) is 89.1 Å². The molecule has 5 aromatic heterocycles. The summed E-state index contributed by atoms with van der Waals surface area (Å²) < 4.78 is 5.23. The summed E-state index contributed by atoms with van der Waals surface area (Å²) in [6.45, 7) is 1.89. The van der Waals surface area contributed by atoms with Crippen molar-refractivity contribution in [1.29, 1.82) is 0 Å². The van der Waals surface area contributed by atoms with Crippen molar-refractivity contribution in [2.75, 3.05) is 5.73 Å². The molecule has 0 spiro atoms. The van der Waals surface area contributed by atoms with Gasteiger partial charge in [-0.1, -0.05) is 30.3 Å². The van der Waals surface area contributed by atoms with Crippen LogP contribution in [0.15, 0.2) is 66.4 Å². The molecule has 0 aliphatic carbocycles. The number of benzene rings is 1. The average molecular weight is 508 g/mol. The molecule has 0 fully saturated rings. The Balaban J connectivity index is 1.42. The lowest BCUT2D eigenvalue weighted by Crippen LogP contribution is -2.28. The van der Waals surface area contributed by atoms with Crippen molar-refractivity contribution in [1.82, 2.24) is 39.1 Å². The number of nitrogens with zero attached hydrogens (tertiary/aromatic N) is 7. The monoisotopic (exact) mass is 507 g/mol. The van der Waals surface area contributed by atoms with E-state index in [9.17, 15) is 4.79 Å². The molecule has 11 heteroatoms. The van der Waals surface area contributed by atoms with Gasteiger partial charge in [0.15, 0.2) is 16.4 Å². The van der Waals surface area contributed by atoms with Crippen LogP contribution in [0.4, 0.5) is 5.82 Å². The van der Waals surface area contributed by atoms with Crippen LogP contribution in [0.3, 0.4) is 0 Å². The second kappa shape index (κ2) is 8.92. The molecule has 1 aromatic carbocycles. The maximum atomic E-state index is 13.3. The number of nitrogens with one attached hydrogen (secondary N) is 1. The molecule has 182 valence electrons. The third kappa shape index (κ3) is 3.99. The highest BCUT2D eigenvalue weighted by Gasteiger charge is 2.26. The number of rotatable bonds is 4. The molecule has 0 bridgehead atoms. The molecule has 1 amide bonds. The highest BCUT2D eigenvalue weighted by atomic mass is 32.1. The lowest BCUT2D eigenvalue weighted by Gasteiger charge is -2.14. The number of carbonyl (C=O) groups excluding carboxylic acids is 1. The van der Waals surface area contributed by atoms with Gasteiger partial charge < -0.3 is 11.1 Å². The van der Waals surface area contributed by atoms with Crippen LogP contribution in [0.5, 0.6) is 0 Å². The average Bonchev–Trinajstić information content (AvgIpc) is 3.65. The first-order valence-electron chi connectivity index (χ1n) is 11.5. The van der Waals surface area contributed by atoms with Crippen LogP contribution >= 0.6 is 11.3 Å². The fourth-order valence-electron chi connectivity index (χ4n) is 4.21. The smallest absolute Gasteiger partial charge is 0.259 e. The second-order valence-electron chi connectivity index (χ2n) is 8.42. The van der Waals surface area contributed by atoms with Gasteiger partial charge >= 0.3 is 0 Å². The number of amides is 1. The largest absolute Gasteiger partial charge is 0.381 e. The third-order valence-electron chi connectivity index (χ3n) is 5.88. The predicted molar refractivity (Wildman–Crippen MR) is 141 cm³/mol. The number of fused-ring (bicyclic) bond motifs is 2. The number of anilines is 1. The van der Waals surface area contributed by atoms with Gasteiger partial charge in [0.05, 0.1) is 17.4 Å². The van der Waals surface area contributed by atoms with E-state index in [1.165, 1.54) is 15.9 Å². The second-order valence-corrected chi connectivity index (χ2v) is 9.26. The van der Waals surface area contributed by atoms with Gasteiger partial charge in [-0.3, -0.25) is 13.9 Å². The Hall–Kier alpha value is -4.95. The Morgan fingerprint density at radius 3 is 2.73 bits per heavy atom. The molecule has 6 rings (SSSR count). The van der Waals surface area contributed by atoms with Gasteiger partial charge in [0.2, 0.25) is 0 Å². The molecule has 5 heterocycles. The Labute approximate surface area is 215 Å². The summed E-state index contributed by atoms with van der Waals surface area (Å²) in [6, 6.07) is 13.1. The molecule has 0 radical (unpaired) electrons. The third-order valence-corrected chi connectivity index (χ3v) is 6.70. The summed E-state index contributed by atoms with van der Waals surface area (Å²) >= 11 is 1.49. The molecule has 3 N–H and O–H groups in total. The van der Waals surface area contributed by atoms with E-state index in [2.05, 4.69) is 32.3 Å². The Bertz CT molecular complexity index is 1830. The molecule has 37 heavy (non-hydrogen) atoms.